The lowest BCUT2D eigenvalue weighted by molar-refractivity contribution is 0.629. The van der Waals surface area contributed by atoms with Crippen LogP contribution >= 0.6 is 24.8 Å². The van der Waals surface area contributed by atoms with Crippen LogP contribution in [0, 0.1) is 0 Å². The van der Waals surface area contributed by atoms with Crippen molar-refractivity contribution in [1.29, 1.82) is 0 Å². The predicted octanol–water partition coefficient (Wildman–Crippen LogP) is -0.0942. The molecule has 0 aromatic carbocycles. The van der Waals surface area contributed by atoms with E-state index >= 15 is 0 Å². The summed E-state index contributed by atoms with van der Waals surface area (Å²) in [5.74, 6) is 0. The fraction of sp³-hybridized carbons (Fsp3) is 0. The molecule has 1 N–H and O–H groups in total. The van der Waals surface area contributed by atoms with Crippen molar-refractivity contribution < 1.29 is 4.16 Å². The summed E-state index contributed by atoms with van der Waals surface area (Å²) >= 11 is 1.42. The lowest BCUT2D eigenvalue weighted by Crippen LogP contribution is -1.34. The zero-order chi connectivity index (χ0) is 2.00. The number of halogens is 2. The summed E-state index contributed by atoms with van der Waals surface area (Å²) in [7, 11) is 0. The fourth-order valence-corrected chi connectivity index (χ4v) is 0. The minimum Gasteiger partial charge on any atom is -0.529 e. The minimum absolute atomic E-state index is 0. The van der Waals surface area contributed by atoms with Crippen molar-refractivity contribution in [1.82, 2.24) is 0 Å². The van der Waals surface area contributed by atoms with Gasteiger partial charge in [-0.2, -0.15) is 0 Å². The molecule has 0 atom stereocenters. The van der Waals surface area contributed by atoms with E-state index in [4.69, 9.17) is 4.16 Å². The van der Waals surface area contributed by atoms with Gasteiger partial charge in [-0.25, -0.2) is 0 Å². The second kappa shape index (κ2) is 33.4. The smallest absolute Gasteiger partial charge is 0.363 e. The van der Waals surface area contributed by atoms with Gasteiger partial charge in [-0.3, -0.25) is 0 Å². The van der Waals surface area contributed by atoms with Crippen LogP contribution in [-0.2, 0) is 0 Å². The van der Waals surface area contributed by atoms with Crippen molar-refractivity contribution in [3.8, 4) is 0 Å². The standard InChI is InChI=1S/Al.2ClH.H2O/h;2*1H;1H2/q+1;;;/p-1. The van der Waals surface area contributed by atoms with Gasteiger partial charge < -0.3 is 4.16 Å². The van der Waals surface area contributed by atoms with Gasteiger partial charge >= 0.3 is 16.6 Å². The van der Waals surface area contributed by atoms with Gasteiger partial charge in [0.25, 0.3) is 0 Å². The Labute approximate surface area is 46.0 Å². The highest BCUT2D eigenvalue weighted by molar-refractivity contribution is 5.95. The monoisotopic (exact) mass is 116 g/mol. The van der Waals surface area contributed by atoms with Gasteiger partial charge in [0, 0.05) is 0 Å². The maximum Gasteiger partial charge on any atom is 0.363 e. The first-order chi connectivity index (χ1) is 1.00. The molecule has 0 aliphatic carbocycles. The summed E-state index contributed by atoms with van der Waals surface area (Å²) in [6.45, 7) is 0. The average molecular weight is 117 g/mol. The van der Waals surface area contributed by atoms with Gasteiger partial charge in [0.1, 0.15) is 0 Å². The third kappa shape index (κ3) is 11.5. The first-order valence-corrected chi connectivity index (χ1v) is 0.775. The molecule has 0 spiro atoms. The van der Waals surface area contributed by atoms with Crippen LogP contribution < -0.4 is 0 Å². The van der Waals surface area contributed by atoms with Gasteiger partial charge in [-0.15, -0.1) is 24.8 Å². The molecule has 0 heterocycles. The molecule has 0 aliphatic rings. The largest absolute Gasteiger partial charge is 0.529 e. The summed E-state index contributed by atoms with van der Waals surface area (Å²) in [6, 6.07) is 0. The second-order valence-corrected chi connectivity index (χ2v) is 0. The molecule has 0 aromatic heterocycles. The van der Waals surface area contributed by atoms with Gasteiger partial charge in [0.05, 0.1) is 0 Å². The number of hydrogen-bond donors (Lipinski definition) is 1. The Morgan fingerprint density at radius 2 is 1.00 bits per heavy atom. The minimum atomic E-state index is 0. The van der Waals surface area contributed by atoms with Crippen molar-refractivity contribution in [2.75, 3.05) is 0 Å². The van der Waals surface area contributed by atoms with E-state index in [-0.39, 0.29) is 24.8 Å². The van der Waals surface area contributed by atoms with Crippen molar-refractivity contribution in [2.45, 2.75) is 0 Å². The molecule has 0 aliphatic heterocycles. The van der Waals surface area contributed by atoms with Crippen LogP contribution in [-0.4, -0.2) is 20.8 Å². The zero-order valence-corrected chi connectivity index (χ0v) is 4.63. The maximum atomic E-state index is 6.92. The van der Waals surface area contributed by atoms with Crippen molar-refractivity contribution >= 4 is 41.4 Å². The average Bonchev–Trinajstić information content (AvgIpc) is 1.00. The lowest BCUT2D eigenvalue weighted by atomic mass is 15.9. The van der Waals surface area contributed by atoms with Crippen LogP contribution in [0.5, 0.6) is 0 Å². The predicted molar refractivity (Wildman–Crippen MR) is 22.5 cm³/mol. The Balaban J connectivity index is -0.00000000500. The first kappa shape index (κ1) is 19.6. The van der Waals surface area contributed by atoms with Crippen LogP contribution in [0.4, 0.5) is 0 Å². The van der Waals surface area contributed by atoms with Crippen LogP contribution in [0.2, 0.25) is 0 Å². The molecule has 0 amide bonds. The van der Waals surface area contributed by atoms with Gasteiger partial charge in [0.2, 0.25) is 0 Å². The molecular weight excluding hydrogens is 114 g/mol. The third-order valence-electron chi connectivity index (χ3n) is 0. The number of hydrogen-bond acceptors (Lipinski definition) is 1. The van der Waals surface area contributed by atoms with Gasteiger partial charge in [0.15, 0.2) is 0 Å². The molecule has 0 saturated heterocycles. The second-order valence-electron chi connectivity index (χ2n) is 0. The zero-order valence-electron chi connectivity index (χ0n) is 1.84. The van der Waals surface area contributed by atoms with Crippen LogP contribution in [0.1, 0.15) is 0 Å². The highest BCUT2D eigenvalue weighted by atomic mass is 35.5. The van der Waals surface area contributed by atoms with Crippen molar-refractivity contribution in [2.24, 2.45) is 0 Å². The normalized spacial score (nSPS) is 1.25. The molecule has 0 bridgehead atoms. The van der Waals surface area contributed by atoms with Crippen LogP contribution in [0.15, 0.2) is 0 Å². The van der Waals surface area contributed by atoms with E-state index in [1.54, 1.807) is 0 Å². The summed E-state index contributed by atoms with van der Waals surface area (Å²) in [5.41, 5.74) is 0. The highest BCUT2D eigenvalue weighted by Crippen LogP contribution is 0.691. The van der Waals surface area contributed by atoms with E-state index in [0.29, 0.717) is 0 Å². The molecule has 0 aromatic rings. The summed E-state index contributed by atoms with van der Waals surface area (Å²) < 4.78 is 6.92. The van der Waals surface area contributed by atoms with Gasteiger partial charge in [-0.1, -0.05) is 0 Å². The molecule has 4 heteroatoms. The van der Waals surface area contributed by atoms with E-state index in [1.165, 1.54) is 16.6 Å². The Kier molecular flexibility index (Phi) is 164. The third-order valence-corrected chi connectivity index (χ3v) is 0. The summed E-state index contributed by atoms with van der Waals surface area (Å²) in [5, 5.41) is 0. The molecule has 0 saturated carbocycles. The molecular formula is H3AlCl2O. The van der Waals surface area contributed by atoms with E-state index in [2.05, 4.69) is 0 Å². The Bertz CT molecular complexity index is 6.00. The van der Waals surface area contributed by atoms with Gasteiger partial charge in [-0.05, 0) is 0 Å². The quantitative estimate of drug-likeness (QED) is 0.439. The van der Waals surface area contributed by atoms with E-state index < -0.39 is 0 Å². The molecule has 0 fully saturated rings. The summed E-state index contributed by atoms with van der Waals surface area (Å²) in [4.78, 5) is 0. The van der Waals surface area contributed by atoms with E-state index in [1.807, 2.05) is 0 Å². The topological polar surface area (TPSA) is 20.2 Å². The molecule has 0 unspecified atom stereocenters. The molecule has 26 valence electrons. The number of rotatable bonds is 0. The molecule has 0 rings (SSSR count). The fourth-order valence-electron chi connectivity index (χ4n) is 0. The lowest BCUT2D eigenvalue weighted by Gasteiger charge is -1.18. The Morgan fingerprint density at radius 1 is 1.00 bits per heavy atom. The van der Waals surface area contributed by atoms with E-state index in [9.17, 15) is 0 Å². The van der Waals surface area contributed by atoms with Crippen molar-refractivity contribution in [3.05, 3.63) is 0 Å². The highest BCUT2D eigenvalue weighted by Gasteiger charge is 1.01. The Hall–Kier alpha value is 1.07. The first-order valence-electron chi connectivity index (χ1n) is 0.258. The molecule has 1 nitrogen and oxygen atoms in total. The van der Waals surface area contributed by atoms with E-state index in [0.717, 1.165) is 0 Å². The molecule has 4 heavy (non-hydrogen) atoms. The summed E-state index contributed by atoms with van der Waals surface area (Å²) in [6.07, 6.45) is 0. The van der Waals surface area contributed by atoms with Crippen LogP contribution in [0.3, 0.4) is 0 Å². The van der Waals surface area contributed by atoms with Crippen molar-refractivity contribution in [3.63, 3.8) is 0 Å². The van der Waals surface area contributed by atoms with Crippen LogP contribution in [0.25, 0.3) is 0 Å². The SMILES string of the molecule is Cl.Cl.[OH][Al]. The molecule has 2 radical (unpaired) electrons. The maximum absolute atomic E-state index is 6.92. The Morgan fingerprint density at radius 3 is 1.00 bits per heavy atom.